The highest BCUT2D eigenvalue weighted by molar-refractivity contribution is 6.30. The van der Waals surface area contributed by atoms with Crippen LogP contribution in [-0.2, 0) is 0 Å². The molecular formula is C16H13ClN4O. The highest BCUT2D eigenvalue weighted by atomic mass is 35.5. The second kappa shape index (κ2) is 6.32. The Labute approximate surface area is 132 Å². The Balaban J connectivity index is 1.63. The third-order valence-corrected chi connectivity index (χ3v) is 3.25. The van der Waals surface area contributed by atoms with Crippen molar-refractivity contribution in [3.63, 3.8) is 0 Å². The molecule has 0 fully saturated rings. The fourth-order valence-electron chi connectivity index (χ4n) is 1.95. The molecule has 2 aromatic carbocycles. The fraction of sp³-hybridized carbons (Fsp3) is 0. The second-order valence-electron chi connectivity index (χ2n) is 4.58. The lowest BCUT2D eigenvalue weighted by molar-refractivity contribution is 0.262. The predicted octanol–water partition coefficient (Wildman–Crippen LogP) is 4.17. The van der Waals surface area contributed by atoms with Gasteiger partial charge in [0.25, 0.3) is 0 Å². The molecule has 3 aromatic rings. The Morgan fingerprint density at radius 1 is 0.955 bits per heavy atom. The van der Waals surface area contributed by atoms with E-state index in [1.165, 1.54) is 0 Å². The lowest BCUT2D eigenvalue weighted by Gasteiger charge is -2.08. The number of nitrogens with zero attached hydrogens (tertiary/aromatic N) is 2. The number of carbonyl (C=O) groups excluding carboxylic acids is 1. The number of nitrogens with one attached hydrogen (secondary N) is 2. The van der Waals surface area contributed by atoms with Crippen molar-refractivity contribution in [2.45, 2.75) is 0 Å². The lowest BCUT2D eigenvalue weighted by atomic mass is 10.3. The van der Waals surface area contributed by atoms with E-state index < -0.39 is 0 Å². The molecule has 22 heavy (non-hydrogen) atoms. The molecule has 2 amide bonds. The number of hydrogen-bond acceptors (Lipinski definition) is 2. The Kier molecular flexibility index (Phi) is 4.07. The highest BCUT2D eigenvalue weighted by Crippen LogP contribution is 2.15. The average molecular weight is 313 g/mol. The quantitative estimate of drug-likeness (QED) is 0.762. The molecule has 0 bridgehead atoms. The normalized spacial score (nSPS) is 10.2. The number of hydrogen-bond donors (Lipinski definition) is 2. The number of anilines is 2. The van der Waals surface area contributed by atoms with E-state index in [1.54, 1.807) is 35.1 Å². The molecule has 110 valence electrons. The first-order chi connectivity index (χ1) is 10.7. The zero-order chi connectivity index (χ0) is 15.4. The summed E-state index contributed by atoms with van der Waals surface area (Å²) in [6.07, 6.45) is 3.57. The molecule has 0 atom stereocenters. The summed E-state index contributed by atoms with van der Waals surface area (Å²) >= 11 is 5.80. The van der Waals surface area contributed by atoms with Crippen LogP contribution in [0.1, 0.15) is 0 Å². The maximum absolute atomic E-state index is 11.9. The largest absolute Gasteiger partial charge is 0.323 e. The summed E-state index contributed by atoms with van der Waals surface area (Å²) in [5, 5.41) is 10.3. The van der Waals surface area contributed by atoms with E-state index in [0.29, 0.717) is 16.4 Å². The fourth-order valence-corrected chi connectivity index (χ4v) is 2.07. The van der Waals surface area contributed by atoms with Crippen LogP contribution in [0.3, 0.4) is 0 Å². The second-order valence-corrected chi connectivity index (χ2v) is 5.02. The molecule has 0 saturated carbocycles. The van der Waals surface area contributed by atoms with Gasteiger partial charge in [-0.15, -0.1) is 0 Å². The van der Waals surface area contributed by atoms with Crippen molar-refractivity contribution in [1.82, 2.24) is 9.78 Å². The van der Waals surface area contributed by atoms with Crippen LogP contribution in [0.2, 0.25) is 5.02 Å². The molecule has 3 rings (SSSR count). The van der Waals surface area contributed by atoms with Crippen LogP contribution in [0.15, 0.2) is 67.0 Å². The number of halogens is 1. The van der Waals surface area contributed by atoms with Crippen molar-refractivity contribution in [3.05, 3.63) is 72.0 Å². The maximum atomic E-state index is 11.9. The summed E-state index contributed by atoms with van der Waals surface area (Å²) in [5.41, 5.74) is 2.30. The first kappa shape index (κ1) is 14.2. The molecule has 5 nitrogen and oxygen atoms in total. The molecule has 0 aliphatic heterocycles. The van der Waals surface area contributed by atoms with Crippen molar-refractivity contribution >= 4 is 29.0 Å². The van der Waals surface area contributed by atoms with Gasteiger partial charge in [0.2, 0.25) is 0 Å². The number of rotatable bonds is 3. The van der Waals surface area contributed by atoms with Gasteiger partial charge in [-0.2, -0.15) is 5.10 Å². The van der Waals surface area contributed by atoms with Crippen LogP contribution in [0.25, 0.3) is 5.69 Å². The van der Waals surface area contributed by atoms with E-state index in [0.717, 1.165) is 5.69 Å². The van der Waals surface area contributed by atoms with E-state index in [1.807, 2.05) is 36.5 Å². The van der Waals surface area contributed by atoms with Crippen LogP contribution in [-0.4, -0.2) is 15.8 Å². The summed E-state index contributed by atoms with van der Waals surface area (Å²) in [5.74, 6) is 0. The van der Waals surface area contributed by atoms with Gasteiger partial charge >= 0.3 is 6.03 Å². The Morgan fingerprint density at radius 2 is 1.55 bits per heavy atom. The maximum Gasteiger partial charge on any atom is 0.323 e. The van der Waals surface area contributed by atoms with E-state index in [9.17, 15) is 4.79 Å². The summed E-state index contributed by atoms with van der Waals surface area (Å²) in [7, 11) is 0. The van der Waals surface area contributed by atoms with Gasteiger partial charge in [-0.05, 0) is 54.6 Å². The monoisotopic (exact) mass is 312 g/mol. The number of carbonyl (C=O) groups is 1. The molecule has 0 saturated heterocycles. The Morgan fingerprint density at radius 3 is 2.09 bits per heavy atom. The molecule has 1 aromatic heterocycles. The highest BCUT2D eigenvalue weighted by Gasteiger charge is 2.03. The smallest absolute Gasteiger partial charge is 0.308 e. The summed E-state index contributed by atoms with van der Waals surface area (Å²) in [6, 6.07) is 15.9. The van der Waals surface area contributed by atoms with Crippen molar-refractivity contribution in [1.29, 1.82) is 0 Å². The number of amides is 2. The molecule has 1 heterocycles. The van der Waals surface area contributed by atoms with Crippen molar-refractivity contribution in [3.8, 4) is 5.69 Å². The minimum atomic E-state index is -0.311. The number of urea groups is 1. The van der Waals surface area contributed by atoms with Gasteiger partial charge in [-0.1, -0.05) is 11.6 Å². The zero-order valence-electron chi connectivity index (χ0n) is 11.5. The summed E-state index contributed by atoms with van der Waals surface area (Å²) in [4.78, 5) is 11.9. The zero-order valence-corrected chi connectivity index (χ0v) is 12.3. The van der Waals surface area contributed by atoms with Gasteiger partial charge in [0.1, 0.15) is 0 Å². The van der Waals surface area contributed by atoms with Crippen LogP contribution >= 0.6 is 11.6 Å². The first-order valence-electron chi connectivity index (χ1n) is 6.64. The summed E-state index contributed by atoms with van der Waals surface area (Å²) < 4.78 is 1.75. The number of benzene rings is 2. The Bertz CT molecular complexity index is 752. The van der Waals surface area contributed by atoms with Gasteiger partial charge < -0.3 is 10.6 Å². The molecule has 0 spiro atoms. The average Bonchev–Trinajstić information content (AvgIpc) is 3.05. The topological polar surface area (TPSA) is 59.0 Å². The van der Waals surface area contributed by atoms with E-state index in [2.05, 4.69) is 15.7 Å². The van der Waals surface area contributed by atoms with Crippen molar-refractivity contribution in [2.75, 3.05) is 10.6 Å². The van der Waals surface area contributed by atoms with Crippen LogP contribution < -0.4 is 10.6 Å². The van der Waals surface area contributed by atoms with E-state index in [-0.39, 0.29) is 6.03 Å². The summed E-state index contributed by atoms with van der Waals surface area (Å²) in [6.45, 7) is 0. The Hall–Kier alpha value is -2.79. The number of aromatic nitrogens is 2. The van der Waals surface area contributed by atoms with Crippen LogP contribution in [0, 0.1) is 0 Å². The van der Waals surface area contributed by atoms with Gasteiger partial charge in [0.15, 0.2) is 0 Å². The molecule has 0 aliphatic carbocycles. The third-order valence-electron chi connectivity index (χ3n) is 3.00. The molecular weight excluding hydrogens is 300 g/mol. The van der Waals surface area contributed by atoms with E-state index in [4.69, 9.17) is 11.6 Å². The van der Waals surface area contributed by atoms with Crippen LogP contribution in [0.5, 0.6) is 0 Å². The lowest BCUT2D eigenvalue weighted by Crippen LogP contribution is -2.19. The SMILES string of the molecule is O=C(Nc1ccc(Cl)cc1)Nc1ccc(-n2cccn2)cc1. The van der Waals surface area contributed by atoms with Crippen LogP contribution in [0.4, 0.5) is 16.2 Å². The van der Waals surface area contributed by atoms with Gasteiger partial charge in [-0.25, -0.2) is 9.48 Å². The van der Waals surface area contributed by atoms with Gasteiger partial charge in [-0.3, -0.25) is 0 Å². The first-order valence-corrected chi connectivity index (χ1v) is 7.02. The minimum Gasteiger partial charge on any atom is -0.308 e. The molecule has 6 heteroatoms. The van der Waals surface area contributed by atoms with Gasteiger partial charge in [0, 0.05) is 28.8 Å². The van der Waals surface area contributed by atoms with Crippen molar-refractivity contribution in [2.24, 2.45) is 0 Å². The standard InChI is InChI=1S/C16H13ClN4O/c17-12-2-4-13(5-3-12)19-16(22)20-14-6-8-15(9-7-14)21-11-1-10-18-21/h1-11H,(H2,19,20,22). The van der Waals surface area contributed by atoms with Gasteiger partial charge in [0.05, 0.1) is 5.69 Å². The minimum absolute atomic E-state index is 0.311. The molecule has 2 N–H and O–H groups in total. The molecule has 0 aliphatic rings. The predicted molar refractivity (Wildman–Crippen MR) is 87.7 cm³/mol. The third kappa shape index (κ3) is 3.45. The van der Waals surface area contributed by atoms with Crippen molar-refractivity contribution < 1.29 is 4.79 Å². The van der Waals surface area contributed by atoms with E-state index >= 15 is 0 Å². The molecule has 0 unspecified atom stereocenters. The molecule has 0 radical (unpaired) electrons.